The fourth-order valence-corrected chi connectivity index (χ4v) is 1.92. The quantitative estimate of drug-likeness (QED) is 0.671. The zero-order valence-corrected chi connectivity index (χ0v) is 14.0. The lowest BCUT2D eigenvalue weighted by Gasteiger charge is -2.13. The van der Waals surface area contributed by atoms with E-state index in [0.29, 0.717) is 28.8 Å². The van der Waals surface area contributed by atoms with Crippen LogP contribution in [-0.4, -0.2) is 46.8 Å². The number of rotatable bonds is 8. The highest BCUT2D eigenvalue weighted by Crippen LogP contribution is 2.15. The van der Waals surface area contributed by atoms with E-state index in [-0.39, 0.29) is 19.1 Å². The summed E-state index contributed by atoms with van der Waals surface area (Å²) in [7, 11) is 0. The first-order valence-corrected chi connectivity index (χ1v) is 7.87. The number of aromatic nitrogens is 2. The maximum atomic E-state index is 12.0. The van der Waals surface area contributed by atoms with Gasteiger partial charge < -0.3 is 20.5 Å². The molecular formula is C16H19ClN4O3. The molecule has 1 amide bonds. The third-order valence-electron chi connectivity index (χ3n) is 3.00. The predicted octanol–water partition coefficient (Wildman–Crippen LogP) is 1.73. The van der Waals surface area contributed by atoms with E-state index >= 15 is 0 Å². The van der Waals surface area contributed by atoms with Gasteiger partial charge in [-0.25, -0.2) is 9.97 Å². The van der Waals surface area contributed by atoms with Gasteiger partial charge >= 0.3 is 0 Å². The van der Waals surface area contributed by atoms with E-state index in [1.54, 1.807) is 24.3 Å². The third kappa shape index (κ3) is 5.68. The summed E-state index contributed by atoms with van der Waals surface area (Å²) >= 11 is 5.78. The minimum absolute atomic E-state index is 0.0533. The number of hydrogen-bond acceptors (Lipinski definition) is 6. The van der Waals surface area contributed by atoms with Crippen LogP contribution in [0.25, 0.3) is 0 Å². The van der Waals surface area contributed by atoms with E-state index in [2.05, 4.69) is 20.6 Å². The van der Waals surface area contributed by atoms with Crippen molar-refractivity contribution in [3.63, 3.8) is 0 Å². The highest BCUT2D eigenvalue weighted by molar-refractivity contribution is 6.30. The Morgan fingerprint density at radius 1 is 1.29 bits per heavy atom. The van der Waals surface area contributed by atoms with Crippen LogP contribution in [0.15, 0.2) is 36.7 Å². The molecule has 2 rings (SSSR count). The van der Waals surface area contributed by atoms with Gasteiger partial charge in [-0.15, -0.1) is 0 Å². The van der Waals surface area contributed by atoms with Crippen molar-refractivity contribution < 1.29 is 14.6 Å². The first kappa shape index (κ1) is 18.0. The number of anilines is 1. The van der Waals surface area contributed by atoms with Crippen LogP contribution in [0.4, 0.5) is 5.95 Å². The SMILES string of the molecule is CCNc1ncc(C(=O)NCC(O)COc2ccc(Cl)cc2)cn1. The molecule has 0 aliphatic rings. The van der Waals surface area contributed by atoms with Crippen LogP contribution in [0.1, 0.15) is 17.3 Å². The monoisotopic (exact) mass is 350 g/mol. The van der Waals surface area contributed by atoms with Crippen LogP contribution in [0, 0.1) is 0 Å². The second kappa shape index (κ2) is 9.05. The molecule has 0 aliphatic carbocycles. The van der Waals surface area contributed by atoms with Gasteiger partial charge in [-0.05, 0) is 31.2 Å². The van der Waals surface area contributed by atoms with E-state index < -0.39 is 6.10 Å². The van der Waals surface area contributed by atoms with Gasteiger partial charge in [0.1, 0.15) is 18.5 Å². The smallest absolute Gasteiger partial charge is 0.254 e. The Morgan fingerprint density at radius 3 is 2.58 bits per heavy atom. The van der Waals surface area contributed by atoms with Crippen molar-refractivity contribution in [2.75, 3.05) is 25.0 Å². The zero-order valence-electron chi connectivity index (χ0n) is 13.2. The van der Waals surface area contributed by atoms with Crippen LogP contribution in [0.3, 0.4) is 0 Å². The number of nitrogens with one attached hydrogen (secondary N) is 2. The van der Waals surface area contributed by atoms with E-state index in [9.17, 15) is 9.90 Å². The molecule has 0 saturated heterocycles. The highest BCUT2D eigenvalue weighted by Gasteiger charge is 2.11. The number of ether oxygens (including phenoxy) is 1. The first-order valence-electron chi connectivity index (χ1n) is 7.49. The standard InChI is InChI=1S/C16H19ClN4O3/c1-2-18-16-20-7-11(8-21-16)15(23)19-9-13(22)10-24-14-5-3-12(17)4-6-14/h3-8,13,22H,2,9-10H2,1H3,(H,19,23)(H,18,20,21). The molecule has 0 bridgehead atoms. The Bertz CT molecular complexity index is 649. The minimum atomic E-state index is -0.841. The van der Waals surface area contributed by atoms with Crippen LogP contribution >= 0.6 is 11.6 Å². The summed E-state index contributed by atoms with van der Waals surface area (Å²) in [5, 5.41) is 16.0. The summed E-state index contributed by atoms with van der Waals surface area (Å²) in [6.07, 6.45) is 2.01. The van der Waals surface area contributed by atoms with E-state index in [4.69, 9.17) is 16.3 Å². The summed E-state index contributed by atoms with van der Waals surface area (Å²) < 4.78 is 5.41. The average molecular weight is 351 g/mol. The number of hydrogen-bond donors (Lipinski definition) is 3. The van der Waals surface area contributed by atoms with E-state index in [0.717, 1.165) is 0 Å². The highest BCUT2D eigenvalue weighted by atomic mass is 35.5. The maximum Gasteiger partial charge on any atom is 0.254 e. The number of halogens is 1. The average Bonchev–Trinajstić information content (AvgIpc) is 2.60. The number of aliphatic hydroxyl groups excluding tert-OH is 1. The Labute approximate surface area is 145 Å². The van der Waals surface area contributed by atoms with Crippen molar-refractivity contribution >= 4 is 23.5 Å². The molecule has 1 unspecified atom stereocenters. The molecule has 2 aromatic rings. The molecule has 128 valence electrons. The number of carbonyl (C=O) groups excluding carboxylic acids is 1. The van der Waals surface area contributed by atoms with Crippen LogP contribution in [0.5, 0.6) is 5.75 Å². The normalized spacial score (nSPS) is 11.6. The molecule has 1 aromatic carbocycles. The second-order valence-corrected chi connectivity index (χ2v) is 5.39. The molecule has 0 aliphatic heterocycles. The number of amides is 1. The van der Waals surface area contributed by atoms with Crippen molar-refractivity contribution in [1.29, 1.82) is 0 Å². The summed E-state index contributed by atoms with van der Waals surface area (Å²) in [4.78, 5) is 20.0. The minimum Gasteiger partial charge on any atom is -0.491 e. The maximum absolute atomic E-state index is 12.0. The van der Waals surface area contributed by atoms with Gasteiger partial charge in [0.15, 0.2) is 0 Å². The molecule has 7 nitrogen and oxygen atoms in total. The molecule has 1 aromatic heterocycles. The lowest BCUT2D eigenvalue weighted by Crippen LogP contribution is -2.35. The zero-order chi connectivity index (χ0) is 17.4. The fraction of sp³-hybridized carbons (Fsp3) is 0.312. The van der Waals surface area contributed by atoms with Gasteiger partial charge in [-0.1, -0.05) is 11.6 Å². The van der Waals surface area contributed by atoms with Gasteiger partial charge in [0.05, 0.1) is 5.56 Å². The van der Waals surface area contributed by atoms with Crippen molar-refractivity contribution in [3.05, 3.63) is 47.2 Å². The van der Waals surface area contributed by atoms with Gasteiger partial charge in [0, 0.05) is 30.5 Å². The number of aliphatic hydroxyl groups is 1. The third-order valence-corrected chi connectivity index (χ3v) is 3.26. The van der Waals surface area contributed by atoms with Crippen LogP contribution in [-0.2, 0) is 0 Å². The molecule has 1 atom stereocenters. The van der Waals surface area contributed by atoms with Crippen molar-refractivity contribution in [1.82, 2.24) is 15.3 Å². The Balaban J connectivity index is 1.75. The summed E-state index contributed by atoms with van der Waals surface area (Å²) in [5.74, 6) is 0.700. The largest absolute Gasteiger partial charge is 0.491 e. The molecule has 0 spiro atoms. The van der Waals surface area contributed by atoms with Gasteiger partial charge in [0.2, 0.25) is 5.95 Å². The van der Waals surface area contributed by atoms with Crippen LogP contribution < -0.4 is 15.4 Å². The summed E-state index contributed by atoms with van der Waals surface area (Å²) in [6.45, 7) is 2.74. The van der Waals surface area contributed by atoms with Crippen molar-refractivity contribution in [2.24, 2.45) is 0 Å². The molecule has 0 saturated carbocycles. The van der Waals surface area contributed by atoms with Gasteiger partial charge in [-0.3, -0.25) is 4.79 Å². The number of carbonyl (C=O) groups is 1. The topological polar surface area (TPSA) is 96.4 Å². The summed E-state index contributed by atoms with van der Waals surface area (Å²) in [6, 6.07) is 6.80. The molecular weight excluding hydrogens is 332 g/mol. The second-order valence-electron chi connectivity index (χ2n) is 4.95. The first-order chi connectivity index (χ1) is 11.6. The molecule has 3 N–H and O–H groups in total. The number of benzene rings is 1. The van der Waals surface area contributed by atoms with Gasteiger partial charge in [0.25, 0.3) is 5.91 Å². The Kier molecular flexibility index (Phi) is 6.77. The Hall–Kier alpha value is -2.38. The fourth-order valence-electron chi connectivity index (χ4n) is 1.79. The lowest BCUT2D eigenvalue weighted by atomic mass is 10.3. The molecule has 24 heavy (non-hydrogen) atoms. The molecule has 0 radical (unpaired) electrons. The predicted molar refractivity (Wildman–Crippen MR) is 91.5 cm³/mol. The molecule has 1 heterocycles. The lowest BCUT2D eigenvalue weighted by molar-refractivity contribution is 0.0843. The van der Waals surface area contributed by atoms with E-state index in [1.807, 2.05) is 6.92 Å². The number of nitrogens with zero attached hydrogens (tertiary/aromatic N) is 2. The van der Waals surface area contributed by atoms with Gasteiger partial charge in [-0.2, -0.15) is 0 Å². The molecule has 8 heteroatoms. The van der Waals surface area contributed by atoms with Crippen molar-refractivity contribution in [2.45, 2.75) is 13.0 Å². The van der Waals surface area contributed by atoms with E-state index in [1.165, 1.54) is 12.4 Å². The van der Waals surface area contributed by atoms with Crippen molar-refractivity contribution in [3.8, 4) is 5.75 Å². The van der Waals surface area contributed by atoms with Crippen LogP contribution in [0.2, 0.25) is 5.02 Å². The Morgan fingerprint density at radius 2 is 1.96 bits per heavy atom. The summed E-state index contributed by atoms with van der Waals surface area (Å²) in [5.41, 5.74) is 0.322. The molecule has 0 fully saturated rings.